The molecule has 1 atom stereocenters. The molecule has 4 fully saturated rings. The number of methoxy groups -OCH3 is 1. The summed E-state index contributed by atoms with van der Waals surface area (Å²) in [6.07, 6.45) is 5.79. The van der Waals surface area contributed by atoms with E-state index in [0.717, 1.165) is 47.4 Å². The summed E-state index contributed by atoms with van der Waals surface area (Å²) in [4.78, 5) is 107. The Labute approximate surface area is 407 Å². The summed E-state index contributed by atoms with van der Waals surface area (Å²) in [5, 5.41) is 11.7. The predicted molar refractivity (Wildman–Crippen MR) is 257 cm³/mol. The summed E-state index contributed by atoms with van der Waals surface area (Å²) in [5.74, 6) is -1.26. The highest BCUT2D eigenvalue weighted by molar-refractivity contribution is 6.25. The zero-order chi connectivity index (χ0) is 49.4. The molecular weight excluding hydrogens is 916 g/mol. The maximum atomic E-state index is 13.4. The van der Waals surface area contributed by atoms with Gasteiger partial charge in [-0.05, 0) is 111 Å². The molecule has 7 amide bonds. The molecule has 0 spiro atoms. The first kappa shape index (κ1) is 46.7. The van der Waals surface area contributed by atoms with Gasteiger partial charge in [-0.15, -0.1) is 0 Å². The monoisotopic (exact) mass is 966 g/mol. The zero-order valence-electron chi connectivity index (χ0n) is 38.9. The highest BCUT2D eigenvalue weighted by Gasteiger charge is 2.56. The second-order valence-corrected chi connectivity index (χ2v) is 18.5. The highest BCUT2D eigenvalue weighted by Crippen LogP contribution is 2.48. The number of pyridine rings is 2. The van der Waals surface area contributed by atoms with Crippen LogP contribution in [0.25, 0.3) is 10.9 Å². The predicted octanol–water partition coefficient (Wildman–Crippen LogP) is 4.80. The van der Waals surface area contributed by atoms with E-state index in [1.165, 1.54) is 36.5 Å². The summed E-state index contributed by atoms with van der Waals surface area (Å²) in [6.45, 7) is 4.57. The first-order chi connectivity index (χ1) is 34.4. The second kappa shape index (κ2) is 19.4. The van der Waals surface area contributed by atoms with E-state index in [4.69, 9.17) is 9.47 Å². The van der Waals surface area contributed by atoms with Crippen molar-refractivity contribution in [1.82, 2.24) is 30.0 Å². The summed E-state index contributed by atoms with van der Waals surface area (Å²) in [7, 11) is 1.63. The fourth-order valence-electron chi connectivity index (χ4n) is 9.77. The maximum absolute atomic E-state index is 13.4. The van der Waals surface area contributed by atoms with Crippen LogP contribution in [0.3, 0.4) is 0 Å². The first-order valence-electron chi connectivity index (χ1n) is 23.7. The molecule has 71 heavy (non-hydrogen) atoms. The number of aromatic nitrogens is 2. The number of nitrogens with one attached hydrogen (secondary N) is 4. The van der Waals surface area contributed by atoms with Crippen LogP contribution >= 0.6 is 0 Å². The summed E-state index contributed by atoms with van der Waals surface area (Å²) < 4.78 is 25.6. The third-order valence-corrected chi connectivity index (χ3v) is 14.0. The number of anilines is 4. The third kappa shape index (κ3) is 9.53. The van der Waals surface area contributed by atoms with E-state index in [-0.39, 0.29) is 42.2 Å². The van der Waals surface area contributed by atoms with Gasteiger partial charge in [0.25, 0.3) is 11.8 Å². The number of imide groups is 2. The molecule has 5 aromatic rings. The van der Waals surface area contributed by atoms with Crippen LogP contribution in [0.5, 0.6) is 17.2 Å². The normalized spacial score (nSPS) is 19.1. The molecule has 1 aliphatic carbocycles. The Bertz CT molecular complexity index is 2960. The number of nitrogens with zero attached hydrogens (tertiary/aromatic N) is 6. The molecule has 0 bridgehead atoms. The van der Waals surface area contributed by atoms with Gasteiger partial charge in [-0.2, -0.15) is 0 Å². The second-order valence-electron chi connectivity index (χ2n) is 18.5. The van der Waals surface area contributed by atoms with Gasteiger partial charge >= 0.3 is 0 Å². The smallest absolute Gasteiger partial charge is 0.266 e. The van der Waals surface area contributed by atoms with Crippen molar-refractivity contribution in [1.29, 1.82) is 0 Å². The Kier molecular flexibility index (Phi) is 12.8. The van der Waals surface area contributed by atoms with Gasteiger partial charge in [-0.3, -0.25) is 53.7 Å². The number of carbonyl (C=O) groups is 7. The molecule has 3 aromatic carbocycles. The fraction of sp³-hybridized carbons (Fsp3) is 0.353. The van der Waals surface area contributed by atoms with E-state index >= 15 is 0 Å². The van der Waals surface area contributed by atoms with Gasteiger partial charge in [-0.1, -0.05) is 0 Å². The molecule has 366 valence electrons. The molecule has 0 radical (unpaired) electrons. The third-order valence-electron chi connectivity index (χ3n) is 14.0. The van der Waals surface area contributed by atoms with Crippen LogP contribution < -0.4 is 35.6 Å². The molecule has 10 rings (SSSR count). The summed E-state index contributed by atoms with van der Waals surface area (Å²) >= 11 is 0. The lowest BCUT2D eigenvalue weighted by atomic mass is 9.95. The van der Waals surface area contributed by atoms with Crippen molar-refractivity contribution in [2.75, 3.05) is 80.3 Å². The standard InChI is InChI=1S/C51H51FN10O9/c1-70-41-26-36-37(53-19-13-40(36)71-34-8-6-33(7-9-34)57-50(69)51(16-17-51)49(68)56-32-4-2-31(52)3-5-32)27-39(41)60-21-14-30(15-22-60)28-61-25-24-59(29-43(61)64)23-20-55-45-44-35(12-18-54-45)47(66)62(48(44)67)38-10-11-42(63)58-46(38)65/h2-9,12-13,18-19,26-27,30,38H,10-11,14-17,20-25,28-29H2,1H3,(H,54,55)(H,56,68)(H,57,69)(H,58,63,65). The minimum Gasteiger partial charge on any atom is -0.495 e. The van der Waals surface area contributed by atoms with E-state index in [1.54, 1.807) is 43.6 Å². The average molecular weight is 967 g/mol. The Morgan fingerprint density at radius 1 is 0.817 bits per heavy atom. The number of halogens is 1. The lowest BCUT2D eigenvalue weighted by Crippen LogP contribution is -2.54. The molecule has 19 nitrogen and oxygen atoms in total. The number of amides is 7. The van der Waals surface area contributed by atoms with Crippen molar-refractivity contribution in [2.45, 2.75) is 44.6 Å². The minimum absolute atomic E-state index is 0.0299. The number of fused-ring (bicyclic) bond motifs is 2. The largest absolute Gasteiger partial charge is 0.495 e. The van der Waals surface area contributed by atoms with Gasteiger partial charge in [0.1, 0.15) is 40.3 Å². The van der Waals surface area contributed by atoms with Gasteiger partial charge < -0.3 is 35.2 Å². The molecule has 3 saturated heterocycles. The number of piperazine rings is 1. The van der Waals surface area contributed by atoms with Crippen LogP contribution in [0.4, 0.5) is 27.3 Å². The van der Waals surface area contributed by atoms with Gasteiger partial charge in [0.05, 0.1) is 36.0 Å². The molecule has 20 heteroatoms. The van der Waals surface area contributed by atoms with Crippen molar-refractivity contribution < 1.29 is 47.4 Å². The number of carbonyl (C=O) groups excluding carboxylic acids is 7. The minimum atomic E-state index is -1.19. The molecule has 1 saturated carbocycles. The van der Waals surface area contributed by atoms with E-state index in [1.807, 2.05) is 21.9 Å². The maximum Gasteiger partial charge on any atom is 0.266 e. The lowest BCUT2D eigenvalue weighted by molar-refractivity contribution is -0.137. The number of benzene rings is 3. The SMILES string of the molecule is COc1cc2c(Oc3ccc(NC(=O)C4(C(=O)Nc5ccc(F)cc5)CC4)cc3)ccnc2cc1N1CCC(CN2CCN(CCNc3nccc4c3C(=O)N(C3CCC(=O)NC3=O)C4=O)CC2=O)CC1. The Morgan fingerprint density at radius 3 is 2.20 bits per heavy atom. The molecule has 4 N–H and O–H groups in total. The van der Waals surface area contributed by atoms with Crippen molar-refractivity contribution in [3.05, 3.63) is 102 Å². The molecule has 5 aliphatic rings. The number of hydrogen-bond donors (Lipinski definition) is 4. The molecule has 1 unspecified atom stereocenters. The van der Waals surface area contributed by atoms with Crippen LogP contribution in [-0.2, 0) is 24.0 Å². The highest BCUT2D eigenvalue weighted by atomic mass is 19.1. The van der Waals surface area contributed by atoms with Crippen molar-refractivity contribution in [2.24, 2.45) is 11.3 Å². The van der Waals surface area contributed by atoms with Gasteiger partial charge in [0.2, 0.25) is 29.5 Å². The summed E-state index contributed by atoms with van der Waals surface area (Å²) in [5.41, 5.74) is 1.61. The van der Waals surface area contributed by atoms with Crippen LogP contribution in [0.15, 0.2) is 85.2 Å². The Morgan fingerprint density at radius 2 is 1.52 bits per heavy atom. The van der Waals surface area contributed by atoms with Crippen molar-refractivity contribution >= 4 is 75.1 Å². The molecule has 6 heterocycles. The van der Waals surface area contributed by atoms with Gasteiger partial charge in [0.15, 0.2) is 0 Å². The zero-order valence-corrected chi connectivity index (χ0v) is 38.9. The van der Waals surface area contributed by atoms with E-state index in [0.29, 0.717) is 80.1 Å². The van der Waals surface area contributed by atoms with Gasteiger partial charge in [-0.25, -0.2) is 9.37 Å². The van der Waals surface area contributed by atoms with Crippen LogP contribution in [0.1, 0.15) is 59.2 Å². The van der Waals surface area contributed by atoms with Crippen LogP contribution in [0.2, 0.25) is 0 Å². The number of rotatable bonds is 15. The average Bonchev–Trinajstić information content (AvgIpc) is 4.15. The van der Waals surface area contributed by atoms with E-state index in [9.17, 15) is 38.0 Å². The lowest BCUT2D eigenvalue weighted by Gasteiger charge is -2.39. The summed E-state index contributed by atoms with van der Waals surface area (Å²) in [6, 6.07) is 18.4. The number of ether oxygens (including phenoxy) is 2. The first-order valence-corrected chi connectivity index (χ1v) is 23.7. The molecular formula is C51H51FN10O9. The van der Waals surface area contributed by atoms with E-state index < -0.39 is 52.7 Å². The van der Waals surface area contributed by atoms with Crippen molar-refractivity contribution in [3.8, 4) is 17.2 Å². The number of hydrogen-bond acceptors (Lipinski definition) is 14. The topological polar surface area (TPSA) is 225 Å². The Balaban J connectivity index is 0.692. The molecule has 2 aromatic heterocycles. The molecule has 4 aliphatic heterocycles. The number of piperidine rings is 2. The van der Waals surface area contributed by atoms with Crippen LogP contribution in [0, 0.1) is 17.2 Å². The van der Waals surface area contributed by atoms with Gasteiger partial charge in [0, 0.05) is 81.4 Å². The quantitative estimate of drug-likeness (QED) is 0.0818. The van der Waals surface area contributed by atoms with Crippen molar-refractivity contribution in [3.63, 3.8) is 0 Å². The van der Waals surface area contributed by atoms with E-state index in [2.05, 4.69) is 36.1 Å². The Hall–Kier alpha value is -8.00. The van der Waals surface area contributed by atoms with Crippen LogP contribution in [-0.4, -0.2) is 132 Å². The fourth-order valence-corrected chi connectivity index (χ4v) is 9.77.